The van der Waals surface area contributed by atoms with E-state index in [1.165, 1.54) is 24.0 Å². The summed E-state index contributed by atoms with van der Waals surface area (Å²) >= 11 is 6.41. The van der Waals surface area contributed by atoms with E-state index in [0.717, 1.165) is 50.2 Å². The number of hydrogen-bond acceptors (Lipinski definition) is 6. The minimum Gasteiger partial charge on any atom is -0.489 e. The summed E-state index contributed by atoms with van der Waals surface area (Å²) in [7, 11) is 0.0745. The zero-order valence-corrected chi connectivity index (χ0v) is 26.2. The Morgan fingerprint density at radius 2 is 2.02 bits per heavy atom. The van der Waals surface area contributed by atoms with Crippen LogP contribution in [-0.2, 0) is 27.6 Å². The van der Waals surface area contributed by atoms with Gasteiger partial charge in [-0.25, -0.2) is 9.19 Å². The zero-order chi connectivity index (χ0) is 29.3. The molecule has 9 heteroatoms. The molecule has 0 radical (unpaired) electrons. The fourth-order valence-electron chi connectivity index (χ4n) is 7.37. The van der Waals surface area contributed by atoms with Gasteiger partial charge in [0.05, 0.1) is 11.9 Å². The molecular formula is C33H42ClN3O4S. The van der Waals surface area contributed by atoms with Gasteiger partial charge in [-0.05, 0) is 105 Å². The van der Waals surface area contributed by atoms with Gasteiger partial charge in [0, 0.05) is 37.2 Å². The maximum absolute atomic E-state index is 13.5. The monoisotopic (exact) mass is 611 g/mol. The fraction of sp³-hybridized carbons (Fsp3) is 0.576. The number of carbonyl (C=O) groups excluding carboxylic acids is 1. The number of nitrogens with zero attached hydrogens (tertiary/aromatic N) is 2. The molecule has 4 aliphatic rings. The van der Waals surface area contributed by atoms with E-state index in [1.807, 2.05) is 12.1 Å². The lowest BCUT2D eigenvalue weighted by molar-refractivity contribution is 0.0977. The number of ether oxygens (including phenoxy) is 2. The van der Waals surface area contributed by atoms with Gasteiger partial charge in [0.15, 0.2) is 11.6 Å². The van der Waals surface area contributed by atoms with Gasteiger partial charge in [-0.15, -0.1) is 0 Å². The lowest BCUT2D eigenvalue weighted by atomic mass is 9.69. The molecule has 6 atom stereocenters. The Hall–Kier alpha value is -2.42. The molecule has 1 fully saturated rings. The first kappa shape index (κ1) is 29.6. The summed E-state index contributed by atoms with van der Waals surface area (Å²) in [5.74, 6) is 2.30. The quantitative estimate of drug-likeness (QED) is 0.428. The molecule has 7 nitrogen and oxygen atoms in total. The molecule has 5 unspecified atom stereocenters. The van der Waals surface area contributed by atoms with Crippen molar-refractivity contribution in [1.29, 1.82) is 0 Å². The van der Waals surface area contributed by atoms with Gasteiger partial charge in [-0.1, -0.05) is 36.7 Å². The van der Waals surface area contributed by atoms with Gasteiger partial charge in [0.2, 0.25) is 0 Å². The van der Waals surface area contributed by atoms with Crippen LogP contribution < -0.4 is 14.4 Å². The van der Waals surface area contributed by atoms with E-state index in [9.17, 15) is 9.00 Å². The first-order valence-electron chi connectivity index (χ1n) is 15.4. The molecule has 1 saturated carbocycles. The number of carbonyl (C=O) groups is 1. The van der Waals surface area contributed by atoms with Crippen LogP contribution in [0.4, 0.5) is 5.82 Å². The predicted octanol–water partition coefficient (Wildman–Crippen LogP) is 6.02. The van der Waals surface area contributed by atoms with Crippen LogP contribution in [0.1, 0.15) is 73.5 Å². The number of rotatable bonds is 3. The highest BCUT2D eigenvalue weighted by Gasteiger charge is 2.44. The van der Waals surface area contributed by atoms with Crippen LogP contribution in [0.25, 0.3) is 0 Å². The molecule has 1 N–H and O–H groups in total. The Balaban J connectivity index is 1.37. The Kier molecular flexibility index (Phi) is 8.94. The molecule has 0 saturated heterocycles. The van der Waals surface area contributed by atoms with Gasteiger partial charge in [0.25, 0.3) is 5.91 Å². The topological polar surface area (TPSA) is 80.8 Å². The summed E-state index contributed by atoms with van der Waals surface area (Å²) in [6, 6.07) is 9.86. The van der Waals surface area contributed by atoms with Crippen molar-refractivity contribution in [3.8, 4) is 5.75 Å². The van der Waals surface area contributed by atoms with Crippen LogP contribution in [-0.4, -0.2) is 53.8 Å². The van der Waals surface area contributed by atoms with E-state index in [1.54, 1.807) is 13.2 Å². The Labute approximate surface area is 257 Å². The Bertz CT molecular complexity index is 1370. The van der Waals surface area contributed by atoms with E-state index in [4.69, 9.17) is 26.1 Å². The van der Waals surface area contributed by atoms with Gasteiger partial charge < -0.3 is 14.4 Å². The van der Waals surface area contributed by atoms with Crippen molar-refractivity contribution in [3.63, 3.8) is 0 Å². The molecular weight excluding hydrogens is 570 g/mol. The molecule has 226 valence electrons. The maximum Gasteiger partial charge on any atom is 0.281 e. The lowest BCUT2D eigenvalue weighted by Crippen LogP contribution is -2.48. The molecule has 3 heterocycles. The molecule has 1 spiro atoms. The molecule has 2 bridgehead atoms. The normalized spacial score (nSPS) is 32.0. The number of hydrogen-bond donors (Lipinski definition) is 1. The SMILES string of the molecule is COCCC1C(C)C/C=C/CC2CCC2CN2C[C@@]3(CCCc4cc(Cl)ccc43)COc3ccc(nc32)C(=O)NS1=O. The van der Waals surface area contributed by atoms with E-state index in [-0.39, 0.29) is 22.3 Å². The minimum atomic E-state index is -1.57. The third-order valence-corrected chi connectivity index (χ3v) is 11.8. The van der Waals surface area contributed by atoms with Crippen molar-refractivity contribution >= 4 is 34.3 Å². The molecule has 2 aliphatic heterocycles. The molecule has 1 aromatic carbocycles. The average Bonchev–Trinajstić information content (AvgIpc) is 3.11. The van der Waals surface area contributed by atoms with E-state index < -0.39 is 16.9 Å². The first-order chi connectivity index (χ1) is 20.4. The first-order valence-corrected chi connectivity index (χ1v) is 17.0. The third-order valence-electron chi connectivity index (χ3n) is 9.96. The molecule has 6 rings (SSSR count). The highest BCUT2D eigenvalue weighted by Crippen LogP contribution is 2.46. The minimum absolute atomic E-state index is 0.135. The molecule has 1 amide bonds. The van der Waals surface area contributed by atoms with Crippen molar-refractivity contribution < 1.29 is 18.5 Å². The van der Waals surface area contributed by atoms with Crippen LogP contribution in [0.5, 0.6) is 5.75 Å². The summed E-state index contributed by atoms with van der Waals surface area (Å²) < 4.78 is 28.1. The number of amides is 1. The molecule has 2 aromatic rings. The maximum atomic E-state index is 13.5. The summed E-state index contributed by atoms with van der Waals surface area (Å²) in [6.07, 6.45) is 12.6. The van der Waals surface area contributed by atoms with Gasteiger partial charge in [-0.2, -0.15) is 0 Å². The number of halogens is 1. The van der Waals surface area contributed by atoms with Gasteiger partial charge >= 0.3 is 0 Å². The molecule has 1 aromatic heterocycles. The summed E-state index contributed by atoms with van der Waals surface area (Å²) in [5.41, 5.74) is 2.69. The largest absolute Gasteiger partial charge is 0.489 e. The number of methoxy groups -OCH3 is 1. The summed E-state index contributed by atoms with van der Waals surface area (Å²) in [5, 5.41) is 0.552. The van der Waals surface area contributed by atoms with Crippen LogP contribution in [0.15, 0.2) is 42.5 Å². The average molecular weight is 612 g/mol. The van der Waals surface area contributed by atoms with E-state index in [0.29, 0.717) is 43.0 Å². The van der Waals surface area contributed by atoms with Crippen molar-refractivity contribution in [2.24, 2.45) is 17.8 Å². The van der Waals surface area contributed by atoms with Crippen molar-refractivity contribution in [3.05, 3.63) is 64.3 Å². The third kappa shape index (κ3) is 6.00. The van der Waals surface area contributed by atoms with Crippen LogP contribution >= 0.6 is 11.6 Å². The zero-order valence-electron chi connectivity index (χ0n) is 24.6. The molecule has 42 heavy (non-hydrogen) atoms. The Morgan fingerprint density at radius 3 is 2.83 bits per heavy atom. The highest BCUT2D eigenvalue weighted by molar-refractivity contribution is 7.84. The van der Waals surface area contributed by atoms with E-state index >= 15 is 0 Å². The second kappa shape index (κ2) is 12.7. The van der Waals surface area contributed by atoms with Crippen molar-refractivity contribution in [1.82, 2.24) is 9.71 Å². The molecule has 2 aliphatic carbocycles. The number of benzene rings is 1. The number of allylic oxidation sites excluding steroid dienone is 2. The van der Waals surface area contributed by atoms with Crippen LogP contribution in [0, 0.1) is 17.8 Å². The number of anilines is 1. The van der Waals surface area contributed by atoms with Crippen LogP contribution in [0.3, 0.4) is 0 Å². The fourth-order valence-corrected chi connectivity index (χ4v) is 8.84. The second-order valence-electron chi connectivity index (χ2n) is 12.7. The number of fused-ring (bicyclic) bond motifs is 4. The van der Waals surface area contributed by atoms with Crippen molar-refractivity contribution in [2.45, 2.75) is 69.0 Å². The predicted molar refractivity (Wildman–Crippen MR) is 168 cm³/mol. The number of aryl methyl sites for hydroxylation is 1. The van der Waals surface area contributed by atoms with Crippen LogP contribution in [0.2, 0.25) is 5.02 Å². The van der Waals surface area contributed by atoms with Crippen molar-refractivity contribution in [2.75, 3.05) is 38.3 Å². The second-order valence-corrected chi connectivity index (χ2v) is 14.5. The number of nitrogens with one attached hydrogen (secondary N) is 1. The summed E-state index contributed by atoms with van der Waals surface area (Å²) in [4.78, 5) is 20.7. The summed E-state index contributed by atoms with van der Waals surface area (Å²) in [6.45, 7) is 4.79. The van der Waals surface area contributed by atoms with E-state index in [2.05, 4.69) is 40.8 Å². The lowest BCUT2D eigenvalue weighted by Gasteiger charge is -2.44. The smallest absolute Gasteiger partial charge is 0.281 e. The standard InChI is InChI=1S/C33H42ClN3O4S/c1-22-6-3-4-7-23-9-10-25(23)19-37-20-33(16-5-8-24-18-26(34)11-12-27(24)33)21-41-29-14-13-28(35-31(29)37)32(38)36-42(39)30(22)15-17-40-2/h3-4,11-14,18,22-23,25,30H,5-10,15-17,19-21H2,1-2H3,(H,36,38)/b4-3+/t22?,23?,25?,30?,33-,42?/m0/s1. The van der Waals surface area contributed by atoms with Gasteiger partial charge in [0.1, 0.15) is 16.7 Å². The Morgan fingerprint density at radius 1 is 1.19 bits per heavy atom. The highest BCUT2D eigenvalue weighted by atomic mass is 35.5. The number of aromatic nitrogens is 1. The van der Waals surface area contributed by atoms with Gasteiger partial charge in [-0.3, -0.25) is 9.52 Å². The number of pyridine rings is 1.